The molecule has 2 aliphatic rings. The van der Waals surface area contributed by atoms with Crippen LogP contribution in [0.1, 0.15) is 53.9 Å². The number of rotatable bonds is 5. The standard InChI is InChI=1S/C15H28N2O/c1-6-10(3)13-14(18)17(12(7-2)16-13)9-11-8-15(11,4)5/h10-13,16H,6-9H2,1-5H3. The maximum Gasteiger partial charge on any atom is 0.241 e. The van der Waals surface area contributed by atoms with E-state index in [4.69, 9.17) is 0 Å². The average Bonchev–Trinajstić information content (AvgIpc) is 2.80. The topological polar surface area (TPSA) is 32.3 Å². The maximum atomic E-state index is 12.5. The summed E-state index contributed by atoms with van der Waals surface area (Å²) in [4.78, 5) is 14.6. The summed E-state index contributed by atoms with van der Waals surface area (Å²) in [6.07, 6.45) is 3.59. The Balaban J connectivity index is 2.02. The Kier molecular flexibility index (Phi) is 3.72. The molecule has 0 spiro atoms. The van der Waals surface area contributed by atoms with Crippen LogP contribution in [0.3, 0.4) is 0 Å². The zero-order valence-corrected chi connectivity index (χ0v) is 12.5. The molecular formula is C15H28N2O. The van der Waals surface area contributed by atoms with Crippen LogP contribution in [0.15, 0.2) is 0 Å². The van der Waals surface area contributed by atoms with Crippen LogP contribution in [0.2, 0.25) is 0 Å². The van der Waals surface area contributed by atoms with Crippen molar-refractivity contribution in [3.05, 3.63) is 0 Å². The van der Waals surface area contributed by atoms with Gasteiger partial charge in [-0.3, -0.25) is 10.1 Å². The lowest BCUT2D eigenvalue weighted by molar-refractivity contribution is -0.131. The highest BCUT2D eigenvalue weighted by Crippen LogP contribution is 2.52. The van der Waals surface area contributed by atoms with Gasteiger partial charge in [-0.1, -0.05) is 41.0 Å². The smallest absolute Gasteiger partial charge is 0.241 e. The molecule has 0 aromatic heterocycles. The second-order valence-corrected chi connectivity index (χ2v) is 6.83. The van der Waals surface area contributed by atoms with Gasteiger partial charge in [0.15, 0.2) is 0 Å². The fourth-order valence-electron chi connectivity index (χ4n) is 3.02. The van der Waals surface area contributed by atoms with E-state index in [1.807, 2.05) is 0 Å². The van der Waals surface area contributed by atoms with Crippen LogP contribution < -0.4 is 5.32 Å². The highest BCUT2D eigenvalue weighted by molar-refractivity contribution is 5.84. The van der Waals surface area contributed by atoms with Gasteiger partial charge in [-0.2, -0.15) is 0 Å². The minimum atomic E-state index is 0.0433. The molecule has 0 aromatic rings. The molecule has 1 heterocycles. The molecule has 1 amide bonds. The third-order valence-electron chi connectivity index (χ3n) is 5.03. The summed E-state index contributed by atoms with van der Waals surface area (Å²) < 4.78 is 0. The van der Waals surface area contributed by atoms with Crippen molar-refractivity contribution in [2.24, 2.45) is 17.3 Å². The van der Waals surface area contributed by atoms with Crippen LogP contribution in [-0.4, -0.2) is 29.6 Å². The van der Waals surface area contributed by atoms with Crippen LogP contribution in [0, 0.1) is 17.3 Å². The Labute approximate surface area is 111 Å². The van der Waals surface area contributed by atoms with E-state index in [9.17, 15) is 4.79 Å². The van der Waals surface area contributed by atoms with E-state index in [0.717, 1.165) is 19.4 Å². The summed E-state index contributed by atoms with van der Waals surface area (Å²) in [5.74, 6) is 1.47. The molecule has 2 fully saturated rings. The van der Waals surface area contributed by atoms with Gasteiger partial charge < -0.3 is 4.90 Å². The summed E-state index contributed by atoms with van der Waals surface area (Å²) >= 11 is 0. The first-order valence-corrected chi connectivity index (χ1v) is 7.47. The number of hydrogen-bond donors (Lipinski definition) is 1. The highest BCUT2D eigenvalue weighted by atomic mass is 16.2. The van der Waals surface area contributed by atoms with Crippen LogP contribution in [-0.2, 0) is 4.79 Å². The van der Waals surface area contributed by atoms with E-state index in [0.29, 0.717) is 23.2 Å². The van der Waals surface area contributed by atoms with Gasteiger partial charge >= 0.3 is 0 Å². The first-order chi connectivity index (χ1) is 8.40. The number of nitrogens with one attached hydrogen (secondary N) is 1. The molecular weight excluding hydrogens is 224 g/mol. The summed E-state index contributed by atoms with van der Waals surface area (Å²) in [7, 11) is 0. The van der Waals surface area contributed by atoms with E-state index in [1.54, 1.807) is 0 Å². The molecule has 3 nitrogen and oxygen atoms in total. The van der Waals surface area contributed by atoms with Crippen molar-refractivity contribution in [3.63, 3.8) is 0 Å². The van der Waals surface area contributed by atoms with Gasteiger partial charge in [-0.25, -0.2) is 0 Å². The SMILES string of the molecule is CCC(C)C1NC(CC)N(CC2CC2(C)C)C1=O. The van der Waals surface area contributed by atoms with Crippen LogP contribution in [0.25, 0.3) is 0 Å². The number of carbonyl (C=O) groups is 1. The lowest BCUT2D eigenvalue weighted by Crippen LogP contribution is -2.38. The first kappa shape index (κ1) is 13.9. The second kappa shape index (κ2) is 4.84. The van der Waals surface area contributed by atoms with E-state index < -0.39 is 0 Å². The maximum absolute atomic E-state index is 12.5. The number of amides is 1. The molecule has 0 bridgehead atoms. The summed E-state index contributed by atoms with van der Waals surface area (Å²) in [5.41, 5.74) is 0.451. The molecule has 1 N–H and O–H groups in total. The lowest BCUT2D eigenvalue weighted by atomic mass is 9.99. The second-order valence-electron chi connectivity index (χ2n) is 6.83. The molecule has 1 aliphatic heterocycles. The van der Waals surface area contributed by atoms with E-state index >= 15 is 0 Å². The number of carbonyl (C=O) groups excluding carboxylic acids is 1. The van der Waals surface area contributed by atoms with Gasteiger partial charge in [-0.15, -0.1) is 0 Å². The third kappa shape index (κ3) is 2.42. The molecule has 1 saturated carbocycles. The Hall–Kier alpha value is -0.570. The van der Waals surface area contributed by atoms with E-state index in [2.05, 4.69) is 44.8 Å². The van der Waals surface area contributed by atoms with Gasteiger partial charge in [0.25, 0.3) is 0 Å². The molecule has 0 aromatic carbocycles. The Bertz CT molecular complexity index is 326. The van der Waals surface area contributed by atoms with Crippen LogP contribution in [0.5, 0.6) is 0 Å². The Morgan fingerprint density at radius 3 is 2.50 bits per heavy atom. The van der Waals surface area contributed by atoms with Crippen LogP contribution in [0.4, 0.5) is 0 Å². The van der Waals surface area contributed by atoms with Gasteiger partial charge in [-0.05, 0) is 30.1 Å². The molecule has 3 heteroatoms. The fraction of sp³-hybridized carbons (Fsp3) is 0.933. The van der Waals surface area contributed by atoms with Crippen molar-refractivity contribution >= 4 is 5.91 Å². The van der Waals surface area contributed by atoms with Crippen molar-refractivity contribution in [2.45, 2.75) is 66.1 Å². The van der Waals surface area contributed by atoms with Crippen molar-refractivity contribution in [1.82, 2.24) is 10.2 Å². The van der Waals surface area contributed by atoms with E-state index in [-0.39, 0.29) is 12.2 Å². The summed E-state index contributed by atoms with van der Waals surface area (Å²) in [6, 6.07) is 0.0433. The molecule has 104 valence electrons. The first-order valence-electron chi connectivity index (χ1n) is 7.47. The largest absolute Gasteiger partial charge is 0.326 e. The lowest BCUT2D eigenvalue weighted by Gasteiger charge is -2.23. The molecule has 2 rings (SSSR count). The van der Waals surface area contributed by atoms with Crippen molar-refractivity contribution in [3.8, 4) is 0 Å². The third-order valence-corrected chi connectivity index (χ3v) is 5.03. The number of hydrogen-bond acceptors (Lipinski definition) is 2. The monoisotopic (exact) mass is 252 g/mol. The zero-order chi connectivity index (χ0) is 13.5. The van der Waals surface area contributed by atoms with E-state index in [1.165, 1.54) is 6.42 Å². The van der Waals surface area contributed by atoms with Gasteiger partial charge in [0, 0.05) is 6.54 Å². The molecule has 1 aliphatic carbocycles. The molecule has 4 unspecified atom stereocenters. The molecule has 0 radical (unpaired) electrons. The predicted octanol–water partition coefficient (Wildman–Crippen LogP) is 2.62. The van der Waals surface area contributed by atoms with Crippen molar-refractivity contribution < 1.29 is 4.79 Å². The van der Waals surface area contributed by atoms with Gasteiger partial charge in [0.1, 0.15) is 0 Å². The number of nitrogens with zero attached hydrogens (tertiary/aromatic N) is 1. The highest BCUT2D eigenvalue weighted by Gasteiger charge is 2.49. The minimum Gasteiger partial charge on any atom is -0.326 e. The minimum absolute atomic E-state index is 0.0433. The quantitative estimate of drug-likeness (QED) is 0.816. The normalized spacial score (nSPS) is 35.9. The average molecular weight is 252 g/mol. The fourth-order valence-corrected chi connectivity index (χ4v) is 3.02. The summed E-state index contributed by atoms with van der Waals surface area (Å²) in [5, 5.41) is 3.53. The van der Waals surface area contributed by atoms with Crippen LogP contribution >= 0.6 is 0 Å². The Morgan fingerprint density at radius 2 is 2.06 bits per heavy atom. The molecule has 18 heavy (non-hydrogen) atoms. The Morgan fingerprint density at radius 1 is 1.44 bits per heavy atom. The predicted molar refractivity (Wildman–Crippen MR) is 74.1 cm³/mol. The van der Waals surface area contributed by atoms with Gasteiger partial charge in [0.2, 0.25) is 5.91 Å². The van der Waals surface area contributed by atoms with Crippen molar-refractivity contribution in [1.29, 1.82) is 0 Å². The molecule has 1 saturated heterocycles. The molecule has 4 atom stereocenters. The zero-order valence-electron chi connectivity index (χ0n) is 12.5. The van der Waals surface area contributed by atoms with Gasteiger partial charge in [0.05, 0.1) is 12.2 Å². The van der Waals surface area contributed by atoms with Crippen molar-refractivity contribution in [2.75, 3.05) is 6.54 Å². The summed E-state index contributed by atoms with van der Waals surface area (Å²) in [6.45, 7) is 12.1.